The van der Waals surface area contributed by atoms with E-state index in [0.29, 0.717) is 6.61 Å². The van der Waals surface area contributed by atoms with Gasteiger partial charge in [-0.25, -0.2) is 4.39 Å². The number of ether oxygens (including phenoxy) is 1. The van der Waals surface area contributed by atoms with Crippen LogP contribution in [0.15, 0.2) is 78.9 Å². The van der Waals surface area contributed by atoms with Crippen LogP contribution >= 0.6 is 0 Å². The van der Waals surface area contributed by atoms with Crippen molar-refractivity contribution in [2.24, 2.45) is 0 Å². The van der Waals surface area contributed by atoms with E-state index >= 15 is 0 Å². The lowest BCUT2D eigenvalue weighted by molar-refractivity contribution is 0.191. The van der Waals surface area contributed by atoms with Crippen molar-refractivity contribution in [3.05, 3.63) is 101 Å². The minimum atomic E-state index is -0.222. The molecule has 0 aliphatic carbocycles. The maximum Gasteiger partial charge on any atom is 0.123 e. The molecule has 3 aromatic carbocycles. The molecule has 1 heterocycles. The summed E-state index contributed by atoms with van der Waals surface area (Å²) in [5, 5.41) is 3.37. The SMILES string of the molecule is C/C(=C(\c1ccccc1)c1ccc(OCCN2CCNCC2)cc1)c1ccc(F)cc1. The Morgan fingerprint density at radius 2 is 1.45 bits per heavy atom. The first-order valence-corrected chi connectivity index (χ1v) is 10.9. The minimum Gasteiger partial charge on any atom is -0.492 e. The van der Waals surface area contributed by atoms with Gasteiger partial charge in [-0.05, 0) is 59.0 Å². The lowest BCUT2D eigenvalue weighted by Gasteiger charge is -2.26. The van der Waals surface area contributed by atoms with E-state index in [2.05, 4.69) is 41.4 Å². The average Bonchev–Trinajstić information content (AvgIpc) is 2.82. The van der Waals surface area contributed by atoms with Crippen LogP contribution in [-0.4, -0.2) is 44.2 Å². The molecule has 0 bridgehead atoms. The van der Waals surface area contributed by atoms with Crippen LogP contribution in [0.1, 0.15) is 23.6 Å². The fraction of sp³-hybridized carbons (Fsp3) is 0.259. The molecule has 0 unspecified atom stereocenters. The maximum absolute atomic E-state index is 13.4. The molecule has 4 rings (SSSR count). The smallest absolute Gasteiger partial charge is 0.123 e. The molecule has 1 aliphatic rings. The monoisotopic (exact) mass is 416 g/mol. The number of hydrogen-bond acceptors (Lipinski definition) is 3. The van der Waals surface area contributed by atoms with E-state index in [1.807, 2.05) is 42.5 Å². The molecule has 0 saturated carbocycles. The Kier molecular flexibility index (Phi) is 7.13. The maximum atomic E-state index is 13.4. The third-order valence-electron chi connectivity index (χ3n) is 5.74. The highest BCUT2D eigenvalue weighted by molar-refractivity contribution is 5.97. The average molecular weight is 417 g/mol. The summed E-state index contributed by atoms with van der Waals surface area (Å²) in [6, 6.07) is 25.3. The molecule has 1 N–H and O–H groups in total. The Morgan fingerprint density at radius 1 is 0.839 bits per heavy atom. The highest BCUT2D eigenvalue weighted by Crippen LogP contribution is 2.33. The molecule has 3 aromatic rings. The van der Waals surface area contributed by atoms with E-state index in [4.69, 9.17) is 4.74 Å². The quantitative estimate of drug-likeness (QED) is 0.543. The van der Waals surface area contributed by atoms with Crippen molar-refractivity contribution in [3.8, 4) is 5.75 Å². The molecule has 1 fully saturated rings. The molecular weight excluding hydrogens is 387 g/mol. The molecule has 4 heteroatoms. The van der Waals surface area contributed by atoms with Crippen molar-refractivity contribution in [3.63, 3.8) is 0 Å². The zero-order valence-corrected chi connectivity index (χ0v) is 18.0. The number of rotatable bonds is 7. The van der Waals surface area contributed by atoms with Crippen LogP contribution in [0.25, 0.3) is 11.1 Å². The predicted octanol–water partition coefficient (Wildman–Crippen LogP) is 5.09. The van der Waals surface area contributed by atoms with Gasteiger partial charge in [-0.1, -0.05) is 54.6 Å². The van der Waals surface area contributed by atoms with Crippen molar-refractivity contribution in [1.29, 1.82) is 0 Å². The number of hydrogen-bond donors (Lipinski definition) is 1. The first-order valence-electron chi connectivity index (χ1n) is 10.9. The zero-order chi connectivity index (χ0) is 21.5. The van der Waals surface area contributed by atoms with Crippen LogP contribution in [0.5, 0.6) is 5.75 Å². The lowest BCUT2D eigenvalue weighted by Crippen LogP contribution is -2.44. The van der Waals surface area contributed by atoms with Gasteiger partial charge in [0.25, 0.3) is 0 Å². The minimum absolute atomic E-state index is 0.222. The molecule has 0 radical (unpaired) electrons. The van der Waals surface area contributed by atoms with Crippen molar-refractivity contribution in [2.45, 2.75) is 6.92 Å². The second-order valence-corrected chi connectivity index (χ2v) is 7.84. The van der Waals surface area contributed by atoms with Gasteiger partial charge in [0.15, 0.2) is 0 Å². The summed E-state index contributed by atoms with van der Waals surface area (Å²) in [6.45, 7) is 7.99. The van der Waals surface area contributed by atoms with Crippen LogP contribution in [0, 0.1) is 5.82 Å². The van der Waals surface area contributed by atoms with Gasteiger partial charge in [0.1, 0.15) is 18.2 Å². The first kappa shape index (κ1) is 21.3. The standard InChI is InChI=1S/C27H29FN2O/c1-21(22-7-11-25(28)12-8-22)27(23-5-3-2-4-6-23)24-9-13-26(14-10-24)31-20-19-30-17-15-29-16-18-30/h2-14,29H,15-20H2,1H3/b27-21-. The fourth-order valence-electron chi connectivity index (χ4n) is 3.99. The van der Waals surface area contributed by atoms with Gasteiger partial charge >= 0.3 is 0 Å². The van der Waals surface area contributed by atoms with Gasteiger partial charge in [0.05, 0.1) is 0 Å². The number of allylic oxidation sites excluding steroid dienone is 1. The molecule has 160 valence electrons. The largest absolute Gasteiger partial charge is 0.492 e. The van der Waals surface area contributed by atoms with Crippen LogP contribution in [-0.2, 0) is 0 Å². The summed E-state index contributed by atoms with van der Waals surface area (Å²) in [7, 11) is 0. The van der Waals surface area contributed by atoms with E-state index in [0.717, 1.165) is 66.3 Å². The lowest BCUT2D eigenvalue weighted by atomic mass is 9.90. The topological polar surface area (TPSA) is 24.5 Å². The van der Waals surface area contributed by atoms with Crippen molar-refractivity contribution >= 4 is 11.1 Å². The third kappa shape index (κ3) is 5.60. The highest BCUT2D eigenvalue weighted by atomic mass is 19.1. The van der Waals surface area contributed by atoms with Crippen molar-refractivity contribution in [1.82, 2.24) is 10.2 Å². The van der Waals surface area contributed by atoms with Crippen LogP contribution in [0.2, 0.25) is 0 Å². The summed E-state index contributed by atoms with van der Waals surface area (Å²) in [6.07, 6.45) is 0. The Bertz CT molecular complexity index is 992. The van der Waals surface area contributed by atoms with E-state index in [9.17, 15) is 4.39 Å². The summed E-state index contributed by atoms with van der Waals surface area (Å²) < 4.78 is 19.4. The van der Waals surface area contributed by atoms with Crippen LogP contribution in [0.3, 0.4) is 0 Å². The normalized spacial score (nSPS) is 15.4. The molecule has 0 amide bonds. The van der Waals surface area contributed by atoms with Crippen LogP contribution < -0.4 is 10.1 Å². The molecule has 3 nitrogen and oxygen atoms in total. The Morgan fingerprint density at radius 3 is 2.13 bits per heavy atom. The summed E-state index contributed by atoms with van der Waals surface area (Å²) in [5.41, 5.74) is 5.51. The molecule has 0 aromatic heterocycles. The summed E-state index contributed by atoms with van der Waals surface area (Å²) >= 11 is 0. The third-order valence-corrected chi connectivity index (χ3v) is 5.74. The van der Waals surface area contributed by atoms with Gasteiger partial charge in [-0.15, -0.1) is 0 Å². The molecular formula is C27H29FN2O. The van der Waals surface area contributed by atoms with Gasteiger partial charge in [-0.2, -0.15) is 0 Å². The molecule has 1 aliphatic heterocycles. The number of benzene rings is 3. The van der Waals surface area contributed by atoms with E-state index in [1.165, 1.54) is 12.1 Å². The predicted molar refractivity (Wildman–Crippen MR) is 126 cm³/mol. The van der Waals surface area contributed by atoms with Gasteiger partial charge in [-0.3, -0.25) is 4.90 Å². The molecule has 31 heavy (non-hydrogen) atoms. The number of nitrogens with one attached hydrogen (secondary N) is 1. The second-order valence-electron chi connectivity index (χ2n) is 7.84. The van der Waals surface area contributed by atoms with Gasteiger partial charge in [0.2, 0.25) is 0 Å². The Balaban J connectivity index is 1.54. The number of piperazine rings is 1. The van der Waals surface area contributed by atoms with Gasteiger partial charge < -0.3 is 10.1 Å². The van der Waals surface area contributed by atoms with E-state index in [1.54, 1.807) is 0 Å². The number of halogens is 1. The molecule has 1 saturated heterocycles. The highest BCUT2D eigenvalue weighted by Gasteiger charge is 2.12. The Hall–Kier alpha value is -2.95. The van der Waals surface area contributed by atoms with E-state index in [-0.39, 0.29) is 5.82 Å². The zero-order valence-electron chi connectivity index (χ0n) is 18.0. The van der Waals surface area contributed by atoms with Crippen molar-refractivity contribution in [2.75, 3.05) is 39.3 Å². The van der Waals surface area contributed by atoms with E-state index < -0.39 is 0 Å². The Labute approximate surface area is 184 Å². The van der Waals surface area contributed by atoms with Crippen LogP contribution in [0.4, 0.5) is 4.39 Å². The fourth-order valence-corrected chi connectivity index (χ4v) is 3.99. The number of nitrogens with zero attached hydrogens (tertiary/aromatic N) is 1. The first-order chi connectivity index (χ1) is 15.2. The molecule has 0 atom stereocenters. The molecule has 0 spiro atoms. The van der Waals surface area contributed by atoms with Crippen molar-refractivity contribution < 1.29 is 9.13 Å². The summed E-state index contributed by atoms with van der Waals surface area (Å²) in [5.74, 6) is 0.658. The summed E-state index contributed by atoms with van der Waals surface area (Å²) in [4.78, 5) is 2.42. The van der Waals surface area contributed by atoms with Gasteiger partial charge in [0, 0.05) is 32.7 Å². The second kappa shape index (κ2) is 10.4.